The van der Waals surface area contributed by atoms with E-state index in [4.69, 9.17) is 14.2 Å². The fourth-order valence-electron chi connectivity index (χ4n) is 3.55. The Labute approximate surface area is 147 Å². The minimum atomic E-state index is 0.0299. The lowest BCUT2D eigenvalue weighted by atomic mass is 10.0. The van der Waals surface area contributed by atoms with E-state index in [9.17, 15) is 4.79 Å². The zero-order valence-corrected chi connectivity index (χ0v) is 14.2. The number of fused-ring (bicyclic) bond motifs is 1. The quantitative estimate of drug-likeness (QED) is 0.859. The van der Waals surface area contributed by atoms with Gasteiger partial charge in [-0.3, -0.25) is 4.79 Å². The number of ether oxygens (including phenoxy) is 3. The van der Waals surface area contributed by atoms with E-state index < -0.39 is 0 Å². The Morgan fingerprint density at radius 2 is 1.96 bits per heavy atom. The maximum absolute atomic E-state index is 13.1. The van der Waals surface area contributed by atoms with Crippen molar-refractivity contribution in [1.29, 1.82) is 0 Å². The number of hydrogen-bond acceptors (Lipinski definition) is 4. The van der Waals surface area contributed by atoms with E-state index in [1.54, 1.807) is 13.2 Å². The van der Waals surface area contributed by atoms with Gasteiger partial charge in [0, 0.05) is 12.1 Å². The summed E-state index contributed by atoms with van der Waals surface area (Å²) in [7, 11) is 1.66. The van der Waals surface area contributed by atoms with Crippen molar-refractivity contribution in [3.8, 4) is 17.2 Å². The van der Waals surface area contributed by atoms with E-state index in [0.29, 0.717) is 30.3 Å². The number of amides is 1. The van der Waals surface area contributed by atoms with Crippen LogP contribution in [-0.4, -0.2) is 37.7 Å². The van der Waals surface area contributed by atoms with Gasteiger partial charge in [-0.2, -0.15) is 0 Å². The number of benzene rings is 2. The Balaban J connectivity index is 1.60. The van der Waals surface area contributed by atoms with Crippen molar-refractivity contribution in [2.24, 2.45) is 0 Å². The number of methoxy groups -OCH3 is 1. The molecular formula is C20H21NO4. The molecule has 5 nitrogen and oxygen atoms in total. The zero-order chi connectivity index (χ0) is 17.2. The molecule has 1 amide bonds. The maximum Gasteiger partial charge on any atom is 0.254 e. The second kappa shape index (κ2) is 6.67. The van der Waals surface area contributed by atoms with E-state index >= 15 is 0 Å². The summed E-state index contributed by atoms with van der Waals surface area (Å²) in [5.74, 6) is 2.20. The molecule has 1 saturated heterocycles. The molecule has 1 fully saturated rings. The topological polar surface area (TPSA) is 48.0 Å². The molecule has 0 bridgehead atoms. The summed E-state index contributed by atoms with van der Waals surface area (Å²) in [4.78, 5) is 15.0. The smallest absolute Gasteiger partial charge is 0.254 e. The van der Waals surface area contributed by atoms with Crippen molar-refractivity contribution < 1.29 is 19.0 Å². The Morgan fingerprint density at radius 1 is 1.12 bits per heavy atom. The predicted octanol–water partition coefficient (Wildman–Crippen LogP) is 3.44. The van der Waals surface area contributed by atoms with Crippen LogP contribution in [0.2, 0.25) is 0 Å². The summed E-state index contributed by atoms with van der Waals surface area (Å²) < 4.78 is 16.5. The second-order valence-corrected chi connectivity index (χ2v) is 6.29. The Morgan fingerprint density at radius 3 is 2.80 bits per heavy atom. The first-order chi connectivity index (χ1) is 12.3. The van der Waals surface area contributed by atoms with Crippen molar-refractivity contribution >= 4 is 5.91 Å². The van der Waals surface area contributed by atoms with Crippen LogP contribution in [0, 0.1) is 0 Å². The lowest BCUT2D eigenvalue weighted by Gasteiger charge is -2.26. The van der Waals surface area contributed by atoms with Crippen molar-refractivity contribution in [2.75, 3.05) is 26.9 Å². The van der Waals surface area contributed by atoms with E-state index in [-0.39, 0.29) is 11.9 Å². The molecule has 0 spiro atoms. The van der Waals surface area contributed by atoms with Gasteiger partial charge in [-0.05, 0) is 48.7 Å². The SMILES string of the molecule is COc1cccc(C2CCCN2C(=O)c2ccc3c(c2)OCCO3)c1. The highest BCUT2D eigenvalue weighted by molar-refractivity contribution is 5.95. The van der Waals surface area contributed by atoms with E-state index in [1.807, 2.05) is 35.2 Å². The van der Waals surface area contributed by atoms with Crippen LogP contribution < -0.4 is 14.2 Å². The molecule has 25 heavy (non-hydrogen) atoms. The van der Waals surface area contributed by atoms with Gasteiger partial charge in [-0.25, -0.2) is 0 Å². The highest BCUT2D eigenvalue weighted by Crippen LogP contribution is 2.36. The van der Waals surface area contributed by atoms with Crippen molar-refractivity contribution in [3.05, 3.63) is 53.6 Å². The standard InChI is InChI=1S/C20H21NO4/c1-23-16-5-2-4-14(12-16)17-6-3-9-21(17)20(22)15-7-8-18-19(13-15)25-11-10-24-18/h2,4-5,7-8,12-13,17H,3,6,9-11H2,1H3. The molecule has 1 atom stereocenters. The van der Waals surface area contributed by atoms with Gasteiger partial charge in [0.1, 0.15) is 19.0 Å². The molecule has 2 heterocycles. The Bertz CT molecular complexity index is 789. The Hall–Kier alpha value is -2.69. The number of likely N-dealkylation sites (tertiary alicyclic amines) is 1. The van der Waals surface area contributed by atoms with Crippen molar-refractivity contribution in [1.82, 2.24) is 4.90 Å². The highest BCUT2D eigenvalue weighted by atomic mass is 16.6. The monoisotopic (exact) mass is 339 g/mol. The third-order valence-electron chi connectivity index (χ3n) is 4.78. The van der Waals surface area contributed by atoms with E-state index in [1.165, 1.54) is 0 Å². The normalized spacial score (nSPS) is 18.9. The lowest BCUT2D eigenvalue weighted by molar-refractivity contribution is 0.0734. The number of rotatable bonds is 3. The summed E-state index contributed by atoms with van der Waals surface area (Å²) in [5.41, 5.74) is 1.75. The van der Waals surface area contributed by atoms with Crippen LogP contribution in [0.15, 0.2) is 42.5 Å². The van der Waals surface area contributed by atoms with Crippen LogP contribution in [0.5, 0.6) is 17.2 Å². The third-order valence-corrected chi connectivity index (χ3v) is 4.78. The first-order valence-electron chi connectivity index (χ1n) is 8.61. The van der Waals surface area contributed by atoms with E-state index in [2.05, 4.69) is 6.07 Å². The fourth-order valence-corrected chi connectivity index (χ4v) is 3.55. The van der Waals surface area contributed by atoms with Gasteiger partial charge < -0.3 is 19.1 Å². The first-order valence-corrected chi connectivity index (χ1v) is 8.61. The number of carbonyl (C=O) groups excluding carboxylic acids is 1. The molecule has 2 aliphatic rings. The molecular weight excluding hydrogens is 318 g/mol. The minimum Gasteiger partial charge on any atom is -0.497 e. The summed E-state index contributed by atoms with van der Waals surface area (Å²) in [6, 6.07) is 13.5. The molecule has 2 aliphatic heterocycles. The summed E-state index contributed by atoms with van der Waals surface area (Å²) >= 11 is 0. The molecule has 4 rings (SSSR count). The first kappa shape index (κ1) is 15.8. The van der Waals surface area contributed by atoms with Crippen molar-refractivity contribution in [3.63, 3.8) is 0 Å². The average molecular weight is 339 g/mol. The fraction of sp³-hybridized carbons (Fsp3) is 0.350. The van der Waals surface area contributed by atoms with Crippen LogP contribution in [0.1, 0.15) is 34.8 Å². The van der Waals surface area contributed by atoms with Gasteiger partial charge >= 0.3 is 0 Å². The number of carbonyl (C=O) groups is 1. The zero-order valence-electron chi connectivity index (χ0n) is 14.2. The van der Waals surface area contributed by atoms with Gasteiger partial charge in [0.15, 0.2) is 11.5 Å². The second-order valence-electron chi connectivity index (χ2n) is 6.29. The van der Waals surface area contributed by atoms with Crippen LogP contribution >= 0.6 is 0 Å². The highest BCUT2D eigenvalue weighted by Gasteiger charge is 2.31. The number of hydrogen-bond donors (Lipinski definition) is 0. The molecule has 0 saturated carbocycles. The van der Waals surface area contributed by atoms with Gasteiger partial charge in [-0.1, -0.05) is 12.1 Å². The molecule has 0 aliphatic carbocycles. The van der Waals surface area contributed by atoms with Gasteiger partial charge in [0.25, 0.3) is 5.91 Å². The molecule has 130 valence electrons. The molecule has 0 radical (unpaired) electrons. The largest absolute Gasteiger partial charge is 0.497 e. The van der Waals surface area contributed by atoms with Crippen LogP contribution in [-0.2, 0) is 0 Å². The summed E-state index contributed by atoms with van der Waals surface area (Å²) in [5, 5.41) is 0. The summed E-state index contributed by atoms with van der Waals surface area (Å²) in [6.45, 7) is 1.82. The molecule has 2 aromatic rings. The van der Waals surface area contributed by atoms with Gasteiger partial charge in [0.2, 0.25) is 0 Å². The molecule has 0 aromatic heterocycles. The van der Waals surface area contributed by atoms with Gasteiger partial charge in [0.05, 0.1) is 13.2 Å². The molecule has 0 N–H and O–H groups in total. The van der Waals surface area contributed by atoms with E-state index in [0.717, 1.165) is 30.7 Å². The van der Waals surface area contributed by atoms with Gasteiger partial charge in [-0.15, -0.1) is 0 Å². The number of nitrogens with zero attached hydrogens (tertiary/aromatic N) is 1. The lowest BCUT2D eigenvalue weighted by Crippen LogP contribution is -2.30. The van der Waals surface area contributed by atoms with Crippen molar-refractivity contribution in [2.45, 2.75) is 18.9 Å². The van der Waals surface area contributed by atoms with Crippen LogP contribution in [0.4, 0.5) is 0 Å². The molecule has 5 heteroatoms. The summed E-state index contributed by atoms with van der Waals surface area (Å²) in [6.07, 6.45) is 1.96. The van der Waals surface area contributed by atoms with Crippen LogP contribution in [0.25, 0.3) is 0 Å². The third kappa shape index (κ3) is 3.02. The molecule has 1 unspecified atom stereocenters. The molecule has 2 aromatic carbocycles. The Kier molecular flexibility index (Phi) is 4.22. The average Bonchev–Trinajstić information content (AvgIpc) is 3.17. The predicted molar refractivity (Wildman–Crippen MR) is 93.4 cm³/mol. The van der Waals surface area contributed by atoms with Crippen LogP contribution in [0.3, 0.4) is 0 Å². The minimum absolute atomic E-state index is 0.0299. The maximum atomic E-state index is 13.1.